The fourth-order valence-corrected chi connectivity index (χ4v) is 1.53. The van der Waals surface area contributed by atoms with Gasteiger partial charge in [-0.1, -0.05) is 0 Å². The fraction of sp³-hybridized carbons (Fsp3) is 0.583. The van der Waals surface area contributed by atoms with Crippen LogP contribution in [0, 0.1) is 5.41 Å². The van der Waals surface area contributed by atoms with Crippen molar-refractivity contribution >= 4 is 17.9 Å². The van der Waals surface area contributed by atoms with Gasteiger partial charge in [-0.15, -0.1) is 10.2 Å². The summed E-state index contributed by atoms with van der Waals surface area (Å²) in [6.45, 7) is 5.52. The molecule has 0 fully saturated rings. The maximum atomic E-state index is 11.6. The molecule has 0 saturated heterocycles. The van der Waals surface area contributed by atoms with Crippen LogP contribution in [0.5, 0.6) is 0 Å². The van der Waals surface area contributed by atoms with Gasteiger partial charge in [0.1, 0.15) is 6.33 Å². The number of hydrogen-bond donors (Lipinski definition) is 3. The zero-order valence-corrected chi connectivity index (χ0v) is 12.2. The van der Waals surface area contributed by atoms with Crippen LogP contribution in [-0.4, -0.2) is 37.8 Å². The Morgan fingerprint density at radius 1 is 1.38 bits per heavy atom. The summed E-state index contributed by atoms with van der Waals surface area (Å²) in [4.78, 5) is 34.0. The number of aliphatic carboxylic acids is 1. The summed E-state index contributed by atoms with van der Waals surface area (Å²) in [5, 5.41) is 21.0. The molecule has 0 unspecified atom stereocenters. The highest BCUT2D eigenvalue weighted by Crippen LogP contribution is 2.19. The van der Waals surface area contributed by atoms with Gasteiger partial charge in [-0.3, -0.25) is 14.9 Å². The van der Waals surface area contributed by atoms with Crippen LogP contribution in [0.1, 0.15) is 33.0 Å². The van der Waals surface area contributed by atoms with Gasteiger partial charge >= 0.3 is 12.0 Å². The number of aryl methyl sites for hydroxylation is 1. The van der Waals surface area contributed by atoms with Crippen molar-refractivity contribution in [2.75, 3.05) is 0 Å². The average molecular weight is 297 g/mol. The largest absolute Gasteiger partial charge is 0.481 e. The van der Waals surface area contributed by atoms with Gasteiger partial charge in [-0.05, 0) is 20.8 Å². The smallest absolute Gasteiger partial charge is 0.321 e. The molecule has 0 atom stereocenters. The summed E-state index contributed by atoms with van der Waals surface area (Å²) < 4.78 is 1.75. The van der Waals surface area contributed by atoms with Crippen LogP contribution < -0.4 is 10.6 Å². The second kappa shape index (κ2) is 6.82. The van der Waals surface area contributed by atoms with E-state index in [1.54, 1.807) is 4.57 Å². The molecule has 3 amide bonds. The molecule has 1 rings (SSSR count). The molecular weight excluding hydrogens is 278 g/mol. The molecule has 0 saturated carbocycles. The number of urea groups is 1. The molecule has 0 aromatic carbocycles. The lowest BCUT2D eigenvalue weighted by molar-refractivity contribution is -0.149. The minimum Gasteiger partial charge on any atom is -0.481 e. The van der Waals surface area contributed by atoms with Gasteiger partial charge in [0.05, 0.1) is 12.0 Å². The second-order valence-electron chi connectivity index (χ2n) is 5.13. The van der Waals surface area contributed by atoms with Gasteiger partial charge in [0.15, 0.2) is 5.82 Å². The first-order valence-electron chi connectivity index (χ1n) is 6.44. The molecule has 1 heterocycles. The third-order valence-corrected chi connectivity index (χ3v) is 2.88. The monoisotopic (exact) mass is 297 g/mol. The van der Waals surface area contributed by atoms with Gasteiger partial charge < -0.3 is 15.0 Å². The molecule has 0 radical (unpaired) electrons. The lowest BCUT2D eigenvalue weighted by atomic mass is 9.89. The number of carbonyl (C=O) groups excluding carboxylic acids is 2. The predicted molar refractivity (Wildman–Crippen MR) is 72.1 cm³/mol. The standard InChI is InChI=1S/C12H19N5O4/c1-4-17-7-14-16-8(17)6-13-11(21)15-9(18)5-12(2,3)10(19)20/h7H,4-6H2,1-3H3,(H,19,20)(H2,13,15,18,21). The summed E-state index contributed by atoms with van der Waals surface area (Å²) in [7, 11) is 0. The van der Waals surface area contributed by atoms with E-state index in [4.69, 9.17) is 5.11 Å². The van der Waals surface area contributed by atoms with Crippen LogP contribution >= 0.6 is 0 Å². The molecule has 0 spiro atoms. The maximum Gasteiger partial charge on any atom is 0.321 e. The number of aromatic nitrogens is 3. The van der Waals surface area contributed by atoms with Gasteiger partial charge in [0.25, 0.3) is 0 Å². The van der Waals surface area contributed by atoms with Crippen molar-refractivity contribution in [1.82, 2.24) is 25.4 Å². The maximum absolute atomic E-state index is 11.6. The summed E-state index contributed by atoms with van der Waals surface area (Å²) >= 11 is 0. The number of carbonyl (C=O) groups is 3. The summed E-state index contributed by atoms with van der Waals surface area (Å²) in [5.41, 5.74) is -1.23. The second-order valence-corrected chi connectivity index (χ2v) is 5.13. The summed E-state index contributed by atoms with van der Waals surface area (Å²) in [5.74, 6) is -1.20. The molecular formula is C12H19N5O4. The van der Waals surface area contributed by atoms with E-state index < -0.39 is 23.3 Å². The first-order chi connectivity index (χ1) is 9.76. The first kappa shape index (κ1) is 16.6. The van der Waals surface area contributed by atoms with Crippen molar-refractivity contribution < 1.29 is 19.5 Å². The molecule has 0 bridgehead atoms. The molecule has 3 N–H and O–H groups in total. The van der Waals surface area contributed by atoms with Crippen LogP contribution in [-0.2, 0) is 22.7 Å². The Balaban J connectivity index is 2.44. The van der Waals surface area contributed by atoms with E-state index >= 15 is 0 Å². The van der Waals surface area contributed by atoms with Crippen molar-refractivity contribution in [2.24, 2.45) is 5.41 Å². The molecule has 9 nitrogen and oxygen atoms in total. The van der Waals surface area contributed by atoms with E-state index in [0.29, 0.717) is 12.4 Å². The van der Waals surface area contributed by atoms with Crippen molar-refractivity contribution in [2.45, 2.75) is 40.3 Å². The lowest BCUT2D eigenvalue weighted by Gasteiger charge is -2.17. The van der Waals surface area contributed by atoms with E-state index in [1.165, 1.54) is 20.2 Å². The van der Waals surface area contributed by atoms with Crippen molar-refractivity contribution in [3.05, 3.63) is 12.2 Å². The van der Waals surface area contributed by atoms with E-state index in [2.05, 4.69) is 20.8 Å². The number of nitrogens with one attached hydrogen (secondary N) is 2. The van der Waals surface area contributed by atoms with Crippen molar-refractivity contribution in [3.8, 4) is 0 Å². The Bertz CT molecular complexity index is 538. The SMILES string of the molecule is CCn1cnnc1CNC(=O)NC(=O)CC(C)(C)C(=O)O. The minimum atomic E-state index is -1.23. The number of nitrogens with zero attached hydrogens (tertiary/aromatic N) is 3. The summed E-state index contributed by atoms with van der Waals surface area (Å²) in [6.07, 6.45) is 1.25. The highest BCUT2D eigenvalue weighted by Gasteiger charge is 2.30. The van der Waals surface area contributed by atoms with E-state index in [0.717, 1.165) is 0 Å². The van der Waals surface area contributed by atoms with Gasteiger partial charge in [0.2, 0.25) is 5.91 Å². The molecule has 0 aliphatic heterocycles. The minimum absolute atomic E-state index is 0.120. The quantitative estimate of drug-likeness (QED) is 0.685. The number of imide groups is 1. The zero-order valence-electron chi connectivity index (χ0n) is 12.2. The van der Waals surface area contributed by atoms with Gasteiger partial charge in [-0.2, -0.15) is 0 Å². The Hall–Kier alpha value is -2.45. The number of rotatable bonds is 6. The Kier molecular flexibility index (Phi) is 5.39. The number of amides is 3. The third kappa shape index (κ3) is 4.86. The Morgan fingerprint density at radius 3 is 2.62 bits per heavy atom. The van der Waals surface area contributed by atoms with Gasteiger partial charge in [0, 0.05) is 13.0 Å². The topological polar surface area (TPSA) is 126 Å². The molecule has 1 aromatic heterocycles. The molecule has 1 aromatic rings. The lowest BCUT2D eigenvalue weighted by Crippen LogP contribution is -2.42. The highest BCUT2D eigenvalue weighted by molar-refractivity contribution is 5.96. The Labute approximate surface area is 121 Å². The first-order valence-corrected chi connectivity index (χ1v) is 6.44. The third-order valence-electron chi connectivity index (χ3n) is 2.88. The van der Waals surface area contributed by atoms with Crippen molar-refractivity contribution in [1.29, 1.82) is 0 Å². The normalized spacial score (nSPS) is 11.0. The molecule has 0 aliphatic carbocycles. The molecule has 116 valence electrons. The van der Waals surface area contributed by atoms with Crippen LogP contribution in [0.25, 0.3) is 0 Å². The average Bonchev–Trinajstić information content (AvgIpc) is 2.82. The number of hydrogen-bond acceptors (Lipinski definition) is 5. The van der Waals surface area contributed by atoms with Crippen LogP contribution in [0.15, 0.2) is 6.33 Å². The molecule has 9 heteroatoms. The van der Waals surface area contributed by atoms with Crippen LogP contribution in [0.4, 0.5) is 4.79 Å². The number of carboxylic acid groups (broad SMARTS) is 1. The van der Waals surface area contributed by atoms with E-state index in [9.17, 15) is 14.4 Å². The van der Waals surface area contributed by atoms with Crippen LogP contribution in [0.2, 0.25) is 0 Å². The zero-order chi connectivity index (χ0) is 16.0. The van der Waals surface area contributed by atoms with Crippen LogP contribution in [0.3, 0.4) is 0 Å². The van der Waals surface area contributed by atoms with E-state index in [-0.39, 0.29) is 13.0 Å². The molecule has 21 heavy (non-hydrogen) atoms. The fourth-order valence-electron chi connectivity index (χ4n) is 1.53. The molecule has 0 aliphatic rings. The Morgan fingerprint density at radius 2 is 2.05 bits per heavy atom. The van der Waals surface area contributed by atoms with E-state index in [1.807, 2.05) is 6.92 Å². The summed E-state index contributed by atoms with van der Waals surface area (Å²) in [6, 6.07) is -0.702. The number of carboxylic acids is 1. The predicted octanol–water partition coefficient (Wildman–Crippen LogP) is 0.125. The van der Waals surface area contributed by atoms with Gasteiger partial charge in [-0.25, -0.2) is 4.79 Å². The highest BCUT2D eigenvalue weighted by atomic mass is 16.4. The van der Waals surface area contributed by atoms with Crippen molar-refractivity contribution in [3.63, 3.8) is 0 Å².